The van der Waals surface area contributed by atoms with Crippen LogP contribution in [0.3, 0.4) is 0 Å². The molecule has 2 atom stereocenters. The summed E-state index contributed by atoms with van der Waals surface area (Å²) in [5.74, 6) is 0.276. The second-order valence-electron chi connectivity index (χ2n) is 10.5. The van der Waals surface area contributed by atoms with Gasteiger partial charge in [0.25, 0.3) is 10.0 Å². The first kappa shape index (κ1) is 33.0. The summed E-state index contributed by atoms with van der Waals surface area (Å²) in [5, 5.41) is 0.807. The number of nitrogens with one attached hydrogen (secondary N) is 1. The van der Waals surface area contributed by atoms with Crippen LogP contribution in [0.1, 0.15) is 48.5 Å². The summed E-state index contributed by atoms with van der Waals surface area (Å²) >= 11 is 0. The number of carbonyl (C=O) groups is 1. The van der Waals surface area contributed by atoms with Crippen molar-refractivity contribution >= 4 is 31.7 Å². The standard InChI is InChI=1S/C32H38N2O8S2/c1-4-43(36,37)33-27-14-10-13-26(22-27)29(18-16-24-17-19-30(40-2)31(21-24)41-3)42-32(35)28-15-8-9-20-34(28)44(38,39)23-25-11-6-5-7-12-25/h4-7,10-14,17,19,21-22,28-29,33H,1,8-9,15-16,18,20,23H2,2-3H3/t28-,29+/m0/s1. The minimum atomic E-state index is -3.81. The van der Waals surface area contributed by atoms with Gasteiger partial charge in [-0.1, -0.05) is 55.1 Å². The molecule has 1 aliphatic rings. The number of anilines is 1. The Morgan fingerprint density at radius 1 is 0.955 bits per heavy atom. The smallest absolute Gasteiger partial charge is 0.325 e. The first-order valence-corrected chi connectivity index (χ1v) is 17.4. The molecule has 1 fully saturated rings. The summed E-state index contributed by atoms with van der Waals surface area (Å²) in [6.07, 6.45) is 1.68. The van der Waals surface area contributed by atoms with Gasteiger partial charge in [0, 0.05) is 17.6 Å². The third-order valence-electron chi connectivity index (χ3n) is 7.41. The summed E-state index contributed by atoms with van der Waals surface area (Å²) < 4.78 is 71.7. The Kier molecular flexibility index (Phi) is 11.1. The molecule has 0 bridgehead atoms. The van der Waals surface area contributed by atoms with Gasteiger partial charge >= 0.3 is 5.97 Å². The van der Waals surface area contributed by atoms with Crippen LogP contribution in [0.25, 0.3) is 0 Å². The molecule has 1 N–H and O–H groups in total. The Morgan fingerprint density at radius 2 is 1.70 bits per heavy atom. The molecular formula is C32H38N2O8S2. The highest BCUT2D eigenvalue weighted by molar-refractivity contribution is 7.95. The maximum atomic E-state index is 13.8. The first-order chi connectivity index (χ1) is 21.0. The quantitative estimate of drug-likeness (QED) is 0.238. The van der Waals surface area contributed by atoms with E-state index in [-0.39, 0.29) is 18.0 Å². The highest BCUT2D eigenvalue weighted by Crippen LogP contribution is 2.32. The monoisotopic (exact) mass is 642 g/mol. The van der Waals surface area contributed by atoms with Crippen molar-refractivity contribution in [1.82, 2.24) is 4.31 Å². The summed E-state index contributed by atoms with van der Waals surface area (Å²) in [6.45, 7) is 3.55. The number of rotatable bonds is 14. The van der Waals surface area contributed by atoms with Crippen LogP contribution in [-0.4, -0.2) is 53.9 Å². The third kappa shape index (κ3) is 8.61. The molecule has 10 nitrogen and oxygen atoms in total. The second-order valence-corrected chi connectivity index (χ2v) is 14.0. The van der Waals surface area contributed by atoms with Gasteiger partial charge < -0.3 is 14.2 Å². The van der Waals surface area contributed by atoms with Crippen LogP contribution in [0.5, 0.6) is 11.5 Å². The zero-order valence-electron chi connectivity index (χ0n) is 24.8. The van der Waals surface area contributed by atoms with E-state index in [0.717, 1.165) is 11.0 Å². The zero-order valence-corrected chi connectivity index (χ0v) is 26.5. The number of piperidine rings is 1. The number of hydrogen-bond donors (Lipinski definition) is 1. The largest absolute Gasteiger partial charge is 0.493 e. The molecule has 1 heterocycles. The van der Waals surface area contributed by atoms with Gasteiger partial charge in [0.1, 0.15) is 12.1 Å². The average molecular weight is 643 g/mol. The number of methoxy groups -OCH3 is 2. The number of ether oxygens (including phenoxy) is 3. The molecule has 4 rings (SSSR count). The van der Waals surface area contributed by atoms with Crippen LogP contribution in [0.15, 0.2) is 84.8 Å². The fourth-order valence-corrected chi connectivity index (χ4v) is 7.50. The van der Waals surface area contributed by atoms with E-state index in [1.54, 1.807) is 68.8 Å². The van der Waals surface area contributed by atoms with Crippen molar-refractivity contribution < 1.29 is 35.8 Å². The van der Waals surface area contributed by atoms with Crippen molar-refractivity contribution in [1.29, 1.82) is 0 Å². The topological polar surface area (TPSA) is 128 Å². The molecule has 0 saturated carbocycles. The van der Waals surface area contributed by atoms with Crippen LogP contribution in [0, 0.1) is 0 Å². The number of nitrogens with zero attached hydrogens (tertiary/aromatic N) is 1. The lowest BCUT2D eigenvalue weighted by Crippen LogP contribution is -2.49. The summed E-state index contributed by atoms with van der Waals surface area (Å²) in [4.78, 5) is 13.8. The first-order valence-electron chi connectivity index (χ1n) is 14.3. The highest BCUT2D eigenvalue weighted by atomic mass is 32.2. The molecule has 0 unspecified atom stereocenters. The molecule has 0 aliphatic carbocycles. The molecule has 0 aromatic heterocycles. The van der Waals surface area contributed by atoms with E-state index < -0.39 is 38.2 Å². The summed E-state index contributed by atoms with van der Waals surface area (Å²) in [6, 6.07) is 20.0. The predicted octanol–water partition coefficient (Wildman–Crippen LogP) is 5.19. The van der Waals surface area contributed by atoms with Gasteiger partial charge in [-0.3, -0.25) is 9.52 Å². The van der Waals surface area contributed by atoms with Crippen molar-refractivity contribution in [3.63, 3.8) is 0 Å². The van der Waals surface area contributed by atoms with Gasteiger partial charge in [0.05, 0.1) is 20.0 Å². The Hall–Kier alpha value is -3.87. The van der Waals surface area contributed by atoms with Crippen molar-refractivity contribution in [3.8, 4) is 11.5 Å². The minimum absolute atomic E-state index is 0.216. The van der Waals surface area contributed by atoms with Gasteiger partial charge in [0.2, 0.25) is 10.0 Å². The van der Waals surface area contributed by atoms with Crippen molar-refractivity contribution in [2.24, 2.45) is 0 Å². The predicted molar refractivity (Wildman–Crippen MR) is 169 cm³/mol. The number of esters is 1. The van der Waals surface area contributed by atoms with E-state index in [2.05, 4.69) is 11.3 Å². The number of carbonyl (C=O) groups excluding carboxylic acids is 1. The van der Waals surface area contributed by atoms with Crippen LogP contribution >= 0.6 is 0 Å². The maximum absolute atomic E-state index is 13.8. The Balaban J connectivity index is 1.60. The van der Waals surface area contributed by atoms with Gasteiger partial charge in [0.15, 0.2) is 11.5 Å². The van der Waals surface area contributed by atoms with Crippen LogP contribution in [-0.2, 0) is 41.8 Å². The maximum Gasteiger partial charge on any atom is 0.325 e. The number of aryl methyl sites for hydroxylation is 1. The van der Waals surface area contributed by atoms with E-state index in [9.17, 15) is 21.6 Å². The average Bonchev–Trinajstić information content (AvgIpc) is 3.03. The molecular weight excluding hydrogens is 604 g/mol. The van der Waals surface area contributed by atoms with Crippen LogP contribution in [0.2, 0.25) is 0 Å². The molecule has 3 aromatic carbocycles. The third-order valence-corrected chi connectivity index (χ3v) is 10.2. The van der Waals surface area contributed by atoms with E-state index in [4.69, 9.17) is 14.2 Å². The molecule has 0 spiro atoms. The van der Waals surface area contributed by atoms with E-state index in [1.807, 2.05) is 18.2 Å². The molecule has 1 saturated heterocycles. The minimum Gasteiger partial charge on any atom is -0.493 e. The Labute approximate surface area is 259 Å². The van der Waals surface area contributed by atoms with Crippen LogP contribution < -0.4 is 14.2 Å². The van der Waals surface area contributed by atoms with Crippen molar-refractivity contribution in [3.05, 3.63) is 101 Å². The molecule has 12 heteroatoms. The Morgan fingerprint density at radius 3 is 2.41 bits per heavy atom. The van der Waals surface area contributed by atoms with E-state index >= 15 is 0 Å². The van der Waals surface area contributed by atoms with E-state index in [1.165, 1.54) is 4.31 Å². The highest BCUT2D eigenvalue weighted by Gasteiger charge is 2.38. The normalized spacial score (nSPS) is 16.5. The molecule has 236 valence electrons. The Bertz CT molecular complexity index is 1660. The number of benzene rings is 3. The summed E-state index contributed by atoms with van der Waals surface area (Å²) in [7, 11) is -4.48. The van der Waals surface area contributed by atoms with Crippen molar-refractivity contribution in [2.75, 3.05) is 25.5 Å². The fraction of sp³-hybridized carbons (Fsp3) is 0.344. The van der Waals surface area contributed by atoms with Crippen molar-refractivity contribution in [2.45, 2.75) is 50.0 Å². The number of sulfonamides is 2. The van der Waals surface area contributed by atoms with E-state index in [0.29, 0.717) is 54.7 Å². The second kappa shape index (κ2) is 14.7. The zero-order chi connectivity index (χ0) is 31.7. The molecule has 0 radical (unpaired) electrons. The van der Waals surface area contributed by atoms with Gasteiger partial charge in [-0.2, -0.15) is 4.31 Å². The lowest BCUT2D eigenvalue weighted by molar-refractivity contribution is -0.155. The SMILES string of the molecule is C=CS(=O)(=O)Nc1cccc([C@@H](CCc2ccc(OC)c(OC)c2)OC(=O)[C@@H]2CCCCN2S(=O)(=O)Cc2ccccc2)c1. The summed E-state index contributed by atoms with van der Waals surface area (Å²) in [5.41, 5.74) is 2.37. The molecule has 0 amide bonds. The lowest BCUT2D eigenvalue weighted by atomic mass is 10.00. The molecule has 3 aromatic rings. The van der Waals surface area contributed by atoms with Gasteiger partial charge in [-0.25, -0.2) is 16.8 Å². The van der Waals surface area contributed by atoms with Gasteiger partial charge in [-0.15, -0.1) is 0 Å². The fourth-order valence-electron chi connectivity index (χ4n) is 5.20. The molecule has 44 heavy (non-hydrogen) atoms. The van der Waals surface area contributed by atoms with Crippen LogP contribution in [0.4, 0.5) is 5.69 Å². The number of hydrogen-bond acceptors (Lipinski definition) is 8. The lowest BCUT2D eigenvalue weighted by Gasteiger charge is -2.34. The van der Waals surface area contributed by atoms with Gasteiger partial charge in [-0.05, 0) is 73.1 Å². The molecule has 1 aliphatic heterocycles.